The monoisotopic (exact) mass is 421 g/mol. The van der Waals surface area contributed by atoms with Crippen LogP contribution in [0, 0.1) is 0 Å². The number of nitrogens with zero attached hydrogens (tertiary/aromatic N) is 3. The van der Waals surface area contributed by atoms with Crippen molar-refractivity contribution in [1.82, 2.24) is 19.9 Å². The van der Waals surface area contributed by atoms with E-state index in [1.807, 2.05) is 56.5 Å². The van der Waals surface area contributed by atoms with Gasteiger partial charge in [0.2, 0.25) is 0 Å². The van der Waals surface area contributed by atoms with E-state index in [-0.39, 0.29) is 23.1 Å². The molecule has 0 saturated heterocycles. The second kappa shape index (κ2) is 8.03. The van der Waals surface area contributed by atoms with Crippen LogP contribution >= 0.6 is 0 Å². The second-order valence-electron chi connectivity index (χ2n) is 8.63. The third kappa shape index (κ3) is 4.39. The molecule has 2 aromatic heterocycles. The van der Waals surface area contributed by atoms with Gasteiger partial charge in [0, 0.05) is 30.8 Å². The molecule has 1 aliphatic rings. The maximum Gasteiger partial charge on any atom is 0.263 e. The van der Waals surface area contributed by atoms with Crippen molar-refractivity contribution >= 4 is 28.2 Å². The molecule has 8 heteroatoms. The molecular formula is C23H27N5O3. The van der Waals surface area contributed by atoms with Crippen LogP contribution in [-0.2, 0) is 11.3 Å². The normalized spacial score (nSPS) is 15.0. The van der Waals surface area contributed by atoms with E-state index in [1.165, 1.54) is 6.20 Å². The molecule has 0 fully saturated rings. The van der Waals surface area contributed by atoms with Gasteiger partial charge in [-0.05, 0) is 39.8 Å². The Hall–Kier alpha value is -3.39. The predicted octanol–water partition coefficient (Wildman–Crippen LogP) is 3.86. The van der Waals surface area contributed by atoms with Gasteiger partial charge in [-0.15, -0.1) is 0 Å². The Labute approximate surface area is 181 Å². The number of benzene rings is 1. The van der Waals surface area contributed by atoms with Gasteiger partial charge in [0.1, 0.15) is 34.8 Å². The van der Waals surface area contributed by atoms with Crippen LogP contribution in [0.5, 0.6) is 5.75 Å². The summed E-state index contributed by atoms with van der Waals surface area (Å²) < 4.78 is 7.95. The van der Waals surface area contributed by atoms with E-state index in [0.29, 0.717) is 30.2 Å². The largest absolute Gasteiger partial charge is 0.511 e. The highest BCUT2D eigenvalue weighted by Gasteiger charge is 2.28. The van der Waals surface area contributed by atoms with Crippen molar-refractivity contribution in [1.29, 1.82) is 0 Å². The molecule has 1 amide bonds. The number of nitrogens with one attached hydrogen (secondary N) is 2. The Morgan fingerprint density at radius 2 is 2.03 bits per heavy atom. The smallest absolute Gasteiger partial charge is 0.263 e. The summed E-state index contributed by atoms with van der Waals surface area (Å²) in [5.74, 6) is 0.506. The lowest BCUT2D eigenvalue weighted by Crippen LogP contribution is -2.45. The van der Waals surface area contributed by atoms with Crippen molar-refractivity contribution in [2.75, 3.05) is 5.32 Å². The van der Waals surface area contributed by atoms with Crippen molar-refractivity contribution in [3.8, 4) is 5.75 Å². The van der Waals surface area contributed by atoms with Crippen molar-refractivity contribution in [3.05, 3.63) is 54.3 Å². The Balaban J connectivity index is 1.61. The maximum atomic E-state index is 13.2. The van der Waals surface area contributed by atoms with Gasteiger partial charge in [0.05, 0.1) is 17.2 Å². The molecular weight excluding hydrogens is 394 g/mol. The molecule has 0 saturated carbocycles. The predicted molar refractivity (Wildman–Crippen MR) is 120 cm³/mol. The third-order valence-electron chi connectivity index (χ3n) is 4.94. The summed E-state index contributed by atoms with van der Waals surface area (Å²) in [6.07, 6.45) is 3.20. The van der Waals surface area contributed by atoms with Crippen LogP contribution in [0.3, 0.4) is 0 Å². The van der Waals surface area contributed by atoms with Crippen LogP contribution in [-0.4, -0.2) is 37.3 Å². The number of aryl methyl sites for hydroxylation is 1. The minimum absolute atomic E-state index is 0.0226. The summed E-state index contributed by atoms with van der Waals surface area (Å²) in [5, 5.41) is 16.7. The minimum Gasteiger partial charge on any atom is -0.511 e. The van der Waals surface area contributed by atoms with Gasteiger partial charge in [0.15, 0.2) is 0 Å². The first-order chi connectivity index (χ1) is 14.7. The van der Waals surface area contributed by atoms with E-state index < -0.39 is 5.91 Å². The van der Waals surface area contributed by atoms with Crippen LogP contribution < -0.4 is 15.4 Å². The number of rotatable bonds is 5. The number of aliphatic hydroxyl groups is 1. The fourth-order valence-corrected chi connectivity index (χ4v) is 3.79. The maximum absolute atomic E-state index is 13.2. The van der Waals surface area contributed by atoms with Crippen LogP contribution in [0.15, 0.2) is 48.5 Å². The van der Waals surface area contributed by atoms with E-state index in [1.54, 1.807) is 12.3 Å². The zero-order valence-corrected chi connectivity index (χ0v) is 18.1. The molecule has 31 heavy (non-hydrogen) atoms. The first kappa shape index (κ1) is 20.9. The van der Waals surface area contributed by atoms with E-state index in [9.17, 15) is 9.90 Å². The van der Waals surface area contributed by atoms with Gasteiger partial charge in [0.25, 0.3) is 5.91 Å². The first-order valence-corrected chi connectivity index (χ1v) is 10.3. The SMILES string of the molecule is CC(NC(C)(C)C)Oc1ccncc1NC(=O)C1=C(O)CCn2c1nc1ccccc12. The van der Waals surface area contributed by atoms with Crippen LogP contribution in [0.1, 0.15) is 39.9 Å². The van der Waals surface area contributed by atoms with E-state index in [2.05, 4.69) is 20.6 Å². The summed E-state index contributed by atoms with van der Waals surface area (Å²) in [4.78, 5) is 21.9. The fourth-order valence-electron chi connectivity index (χ4n) is 3.79. The van der Waals surface area contributed by atoms with Gasteiger partial charge in [-0.1, -0.05) is 12.1 Å². The van der Waals surface area contributed by atoms with E-state index in [0.717, 1.165) is 11.0 Å². The number of hydrogen-bond donors (Lipinski definition) is 3. The van der Waals surface area contributed by atoms with Gasteiger partial charge < -0.3 is 19.7 Å². The molecule has 0 aliphatic carbocycles. The van der Waals surface area contributed by atoms with Crippen LogP contribution in [0.25, 0.3) is 16.6 Å². The summed E-state index contributed by atoms with van der Waals surface area (Å²) in [7, 11) is 0. The number of amides is 1. The number of fused-ring (bicyclic) bond motifs is 3. The van der Waals surface area contributed by atoms with Crippen molar-refractivity contribution in [2.45, 2.75) is 52.4 Å². The summed E-state index contributed by atoms with van der Waals surface area (Å²) >= 11 is 0. The lowest BCUT2D eigenvalue weighted by Gasteiger charge is -2.27. The molecule has 3 N–H and O–H groups in total. The number of anilines is 1. The average Bonchev–Trinajstić information content (AvgIpc) is 3.06. The average molecular weight is 422 g/mol. The number of carbonyl (C=O) groups is 1. The highest BCUT2D eigenvalue weighted by Crippen LogP contribution is 2.31. The second-order valence-corrected chi connectivity index (χ2v) is 8.63. The molecule has 1 atom stereocenters. The molecule has 0 radical (unpaired) electrons. The molecule has 0 bridgehead atoms. The van der Waals surface area contributed by atoms with Crippen LogP contribution in [0.2, 0.25) is 0 Å². The first-order valence-electron chi connectivity index (χ1n) is 10.3. The minimum atomic E-state index is -0.456. The summed E-state index contributed by atoms with van der Waals surface area (Å²) in [6, 6.07) is 9.38. The number of carbonyl (C=O) groups excluding carboxylic acids is 1. The highest BCUT2D eigenvalue weighted by molar-refractivity contribution is 6.25. The molecule has 1 aromatic carbocycles. The Kier molecular flexibility index (Phi) is 5.41. The number of allylic oxidation sites excluding steroid dienone is 1. The molecule has 1 aliphatic heterocycles. The molecule has 162 valence electrons. The lowest BCUT2D eigenvalue weighted by atomic mass is 10.1. The lowest BCUT2D eigenvalue weighted by molar-refractivity contribution is -0.111. The number of aromatic nitrogens is 3. The van der Waals surface area contributed by atoms with Gasteiger partial charge >= 0.3 is 0 Å². The zero-order valence-electron chi connectivity index (χ0n) is 18.1. The molecule has 1 unspecified atom stereocenters. The fraction of sp³-hybridized carbons (Fsp3) is 0.348. The highest BCUT2D eigenvalue weighted by atomic mass is 16.5. The number of aliphatic hydroxyl groups excluding tert-OH is 1. The number of hydrogen-bond acceptors (Lipinski definition) is 6. The van der Waals surface area contributed by atoms with Crippen molar-refractivity contribution < 1.29 is 14.6 Å². The van der Waals surface area contributed by atoms with Crippen LogP contribution in [0.4, 0.5) is 5.69 Å². The molecule has 0 spiro atoms. The topological polar surface area (TPSA) is 101 Å². The zero-order chi connectivity index (χ0) is 22.2. The van der Waals surface area contributed by atoms with Crippen molar-refractivity contribution in [3.63, 3.8) is 0 Å². The molecule has 3 heterocycles. The Morgan fingerprint density at radius 1 is 1.26 bits per heavy atom. The van der Waals surface area contributed by atoms with E-state index >= 15 is 0 Å². The number of ether oxygens (including phenoxy) is 1. The Bertz CT molecular complexity index is 1160. The van der Waals surface area contributed by atoms with Gasteiger partial charge in [-0.2, -0.15) is 0 Å². The quantitative estimate of drug-likeness (QED) is 0.541. The summed E-state index contributed by atoms with van der Waals surface area (Å²) in [5.41, 5.74) is 2.17. The molecule has 3 aromatic rings. The number of pyridine rings is 1. The molecule has 8 nitrogen and oxygen atoms in total. The summed E-state index contributed by atoms with van der Waals surface area (Å²) in [6.45, 7) is 8.61. The number of para-hydroxylation sites is 2. The molecule has 4 rings (SSSR count). The number of imidazole rings is 1. The van der Waals surface area contributed by atoms with Gasteiger partial charge in [-0.25, -0.2) is 4.98 Å². The van der Waals surface area contributed by atoms with E-state index in [4.69, 9.17) is 4.74 Å². The third-order valence-corrected chi connectivity index (χ3v) is 4.94. The Morgan fingerprint density at radius 3 is 2.81 bits per heavy atom. The van der Waals surface area contributed by atoms with Crippen molar-refractivity contribution in [2.24, 2.45) is 0 Å². The van der Waals surface area contributed by atoms with Gasteiger partial charge in [-0.3, -0.25) is 15.1 Å². The standard InChI is InChI=1S/C23H27N5O3/c1-14(27-23(2,3)4)31-19-9-11-24-13-16(19)26-22(30)20-18(29)10-12-28-17-8-6-5-7-15(17)25-21(20)28/h5-9,11,13-14,27,29H,10,12H2,1-4H3,(H,26,30).